The zero-order chi connectivity index (χ0) is 17.5. The molecule has 1 saturated carbocycles. The van der Waals surface area contributed by atoms with Gasteiger partial charge in [0.05, 0.1) is 6.54 Å². The average Bonchev–Trinajstić information content (AvgIpc) is 3.10. The highest BCUT2D eigenvalue weighted by Crippen LogP contribution is 2.42. The summed E-state index contributed by atoms with van der Waals surface area (Å²) >= 11 is 0. The molecule has 0 bridgehead atoms. The Labute approximate surface area is 150 Å². The van der Waals surface area contributed by atoms with Crippen LogP contribution in [0.25, 0.3) is 0 Å². The Hall–Kier alpha value is -2.30. The van der Waals surface area contributed by atoms with Crippen LogP contribution in [0.3, 0.4) is 0 Å². The third-order valence-electron chi connectivity index (χ3n) is 5.37. The fourth-order valence-electron chi connectivity index (χ4n) is 3.43. The molecule has 1 heterocycles. The Morgan fingerprint density at radius 1 is 1.24 bits per heavy atom. The van der Waals surface area contributed by atoms with Gasteiger partial charge in [0.2, 0.25) is 0 Å². The van der Waals surface area contributed by atoms with Gasteiger partial charge in [-0.25, -0.2) is 0 Å². The lowest BCUT2D eigenvalue weighted by atomic mass is 9.67. The van der Waals surface area contributed by atoms with E-state index in [9.17, 15) is 0 Å². The maximum atomic E-state index is 4.36. The molecule has 5 nitrogen and oxygen atoms in total. The molecule has 25 heavy (non-hydrogen) atoms. The molecule has 1 aliphatic carbocycles. The maximum Gasteiger partial charge on any atom is 0.191 e. The molecule has 0 saturated heterocycles. The van der Waals surface area contributed by atoms with Crippen molar-refractivity contribution < 1.29 is 0 Å². The summed E-state index contributed by atoms with van der Waals surface area (Å²) in [6.07, 6.45) is 9.08. The van der Waals surface area contributed by atoms with Crippen LogP contribution in [-0.2, 0) is 13.1 Å². The zero-order valence-corrected chi connectivity index (χ0v) is 15.3. The van der Waals surface area contributed by atoms with Crippen molar-refractivity contribution in [2.45, 2.75) is 45.7 Å². The number of nitrogens with zero attached hydrogens (tertiary/aromatic N) is 3. The Morgan fingerprint density at radius 3 is 2.72 bits per heavy atom. The van der Waals surface area contributed by atoms with Crippen LogP contribution in [0.2, 0.25) is 0 Å². The smallest absolute Gasteiger partial charge is 0.191 e. The molecule has 0 amide bonds. The van der Waals surface area contributed by atoms with Crippen molar-refractivity contribution >= 4 is 5.96 Å². The molecule has 0 atom stereocenters. The van der Waals surface area contributed by atoms with Crippen LogP contribution in [-0.4, -0.2) is 29.3 Å². The number of rotatable bonds is 7. The predicted molar refractivity (Wildman–Crippen MR) is 103 cm³/mol. The molecule has 1 fully saturated rings. The Bertz CT molecular complexity index is 680. The van der Waals surface area contributed by atoms with E-state index >= 15 is 0 Å². The Morgan fingerprint density at radius 2 is 2.08 bits per heavy atom. The fourth-order valence-corrected chi connectivity index (χ4v) is 3.43. The molecule has 0 radical (unpaired) electrons. The first-order chi connectivity index (χ1) is 12.2. The van der Waals surface area contributed by atoms with Gasteiger partial charge in [0.15, 0.2) is 5.96 Å². The van der Waals surface area contributed by atoms with Crippen molar-refractivity contribution in [1.82, 2.24) is 20.4 Å². The van der Waals surface area contributed by atoms with Gasteiger partial charge in [0.25, 0.3) is 0 Å². The van der Waals surface area contributed by atoms with E-state index in [4.69, 9.17) is 0 Å². The minimum Gasteiger partial charge on any atom is -0.356 e. The molecular weight excluding hydrogens is 310 g/mol. The first-order valence-electron chi connectivity index (χ1n) is 9.23. The number of guanidine groups is 1. The Balaban J connectivity index is 1.51. The number of hydrogen-bond acceptors (Lipinski definition) is 2. The van der Waals surface area contributed by atoms with Gasteiger partial charge < -0.3 is 10.6 Å². The van der Waals surface area contributed by atoms with Crippen LogP contribution >= 0.6 is 0 Å². The molecule has 134 valence electrons. The Kier molecular flexibility index (Phi) is 5.74. The van der Waals surface area contributed by atoms with Gasteiger partial charge in [0.1, 0.15) is 0 Å². The van der Waals surface area contributed by atoms with E-state index < -0.39 is 0 Å². The van der Waals surface area contributed by atoms with Gasteiger partial charge in [-0.05, 0) is 41.9 Å². The van der Waals surface area contributed by atoms with Crippen molar-refractivity contribution in [2.24, 2.45) is 10.4 Å². The van der Waals surface area contributed by atoms with Crippen LogP contribution in [0, 0.1) is 5.41 Å². The molecule has 0 aliphatic heterocycles. The van der Waals surface area contributed by atoms with Crippen LogP contribution in [0.4, 0.5) is 0 Å². The molecule has 1 aliphatic rings. The fraction of sp³-hybridized carbons (Fsp3) is 0.500. The summed E-state index contributed by atoms with van der Waals surface area (Å²) in [6, 6.07) is 10.6. The monoisotopic (exact) mass is 339 g/mol. The zero-order valence-electron chi connectivity index (χ0n) is 15.3. The highest BCUT2D eigenvalue weighted by atomic mass is 15.3. The van der Waals surface area contributed by atoms with Crippen molar-refractivity contribution in [1.29, 1.82) is 0 Å². The summed E-state index contributed by atoms with van der Waals surface area (Å²) in [5.41, 5.74) is 2.99. The van der Waals surface area contributed by atoms with E-state index in [0.717, 1.165) is 25.6 Å². The standard InChI is InChI=1S/C20H29N5/c1-3-20(9-5-10-20)16-23-19(21-2)22-14-17-7-4-8-18(13-17)15-25-12-6-11-24-25/h4,6-8,11-13H,3,5,9-10,14-16H2,1-2H3,(H2,21,22,23). The van der Waals surface area contributed by atoms with Gasteiger partial charge in [-0.2, -0.15) is 5.10 Å². The van der Waals surface area contributed by atoms with Crippen LogP contribution < -0.4 is 10.6 Å². The lowest BCUT2D eigenvalue weighted by Gasteiger charge is -2.41. The van der Waals surface area contributed by atoms with E-state index in [2.05, 4.69) is 51.9 Å². The highest BCUT2D eigenvalue weighted by Gasteiger charge is 2.34. The summed E-state index contributed by atoms with van der Waals surface area (Å²) in [6.45, 7) is 4.88. The molecule has 3 rings (SSSR count). The van der Waals surface area contributed by atoms with Crippen molar-refractivity contribution in [2.75, 3.05) is 13.6 Å². The minimum absolute atomic E-state index is 0.487. The second-order valence-electron chi connectivity index (χ2n) is 7.01. The van der Waals surface area contributed by atoms with Gasteiger partial charge in [-0.1, -0.05) is 37.6 Å². The van der Waals surface area contributed by atoms with Crippen molar-refractivity contribution in [3.63, 3.8) is 0 Å². The molecule has 2 N–H and O–H groups in total. The van der Waals surface area contributed by atoms with Gasteiger partial charge in [0, 0.05) is 32.5 Å². The summed E-state index contributed by atoms with van der Waals surface area (Å²) < 4.78 is 1.94. The first-order valence-corrected chi connectivity index (χ1v) is 9.23. The van der Waals surface area contributed by atoms with E-state index in [1.807, 2.05) is 30.2 Å². The molecular formula is C20H29N5. The first kappa shape index (κ1) is 17.5. The molecule has 1 aromatic carbocycles. The highest BCUT2D eigenvalue weighted by molar-refractivity contribution is 5.79. The minimum atomic E-state index is 0.487. The summed E-state index contributed by atoms with van der Waals surface area (Å²) in [7, 11) is 1.84. The summed E-state index contributed by atoms with van der Waals surface area (Å²) in [5, 5.41) is 11.2. The molecule has 0 unspecified atom stereocenters. The molecule has 0 spiro atoms. The number of hydrogen-bond donors (Lipinski definition) is 2. The number of nitrogens with one attached hydrogen (secondary N) is 2. The molecule has 1 aromatic heterocycles. The number of aliphatic imine (C=N–C) groups is 1. The summed E-state index contributed by atoms with van der Waals surface area (Å²) in [5.74, 6) is 0.886. The van der Waals surface area contributed by atoms with Gasteiger partial charge in [-0.15, -0.1) is 0 Å². The maximum absolute atomic E-state index is 4.36. The van der Waals surface area contributed by atoms with Crippen LogP contribution in [0.1, 0.15) is 43.7 Å². The average molecular weight is 339 g/mol. The predicted octanol–water partition coefficient (Wildman–Crippen LogP) is 3.18. The lowest BCUT2D eigenvalue weighted by molar-refractivity contribution is 0.131. The SMILES string of the molecule is CCC1(CNC(=NC)NCc2cccc(Cn3cccn3)c2)CCC1. The molecule has 5 heteroatoms. The second kappa shape index (κ2) is 8.19. The van der Waals surface area contributed by atoms with Gasteiger partial charge >= 0.3 is 0 Å². The van der Waals surface area contributed by atoms with Crippen LogP contribution in [0.5, 0.6) is 0 Å². The van der Waals surface area contributed by atoms with Crippen LogP contribution in [0.15, 0.2) is 47.7 Å². The normalized spacial score (nSPS) is 16.3. The number of benzene rings is 1. The second-order valence-corrected chi connectivity index (χ2v) is 7.01. The summed E-state index contributed by atoms with van der Waals surface area (Å²) in [4.78, 5) is 4.36. The van der Waals surface area contributed by atoms with E-state index in [0.29, 0.717) is 5.41 Å². The van der Waals surface area contributed by atoms with Crippen molar-refractivity contribution in [3.05, 3.63) is 53.9 Å². The van der Waals surface area contributed by atoms with Gasteiger partial charge in [-0.3, -0.25) is 9.67 Å². The van der Waals surface area contributed by atoms with Crippen molar-refractivity contribution in [3.8, 4) is 0 Å². The molecule has 2 aromatic rings. The van der Waals surface area contributed by atoms with E-state index in [1.54, 1.807) is 0 Å². The van der Waals surface area contributed by atoms with E-state index in [-0.39, 0.29) is 0 Å². The number of aromatic nitrogens is 2. The van der Waals surface area contributed by atoms with E-state index in [1.165, 1.54) is 36.8 Å². The largest absolute Gasteiger partial charge is 0.356 e. The third kappa shape index (κ3) is 4.62. The third-order valence-corrected chi connectivity index (χ3v) is 5.37. The quantitative estimate of drug-likeness (QED) is 0.602. The lowest BCUT2D eigenvalue weighted by Crippen LogP contribution is -2.46. The topological polar surface area (TPSA) is 54.2 Å².